The number of carbonyl (C=O) groups is 2. The maximum Gasteiger partial charge on any atom is 0.356 e. The summed E-state index contributed by atoms with van der Waals surface area (Å²) in [4.78, 5) is 29.6. The molecule has 0 spiro atoms. The zero-order valence-corrected chi connectivity index (χ0v) is 10.3. The molecule has 0 radical (unpaired) electrons. The van der Waals surface area contributed by atoms with Crippen LogP contribution in [0, 0.1) is 0 Å². The van der Waals surface area contributed by atoms with E-state index in [1.54, 1.807) is 11.8 Å². The summed E-state index contributed by atoms with van der Waals surface area (Å²) >= 11 is 1.62. The average Bonchev–Trinajstić information content (AvgIpc) is 2.29. The van der Waals surface area contributed by atoms with Gasteiger partial charge in [-0.3, -0.25) is 4.79 Å². The lowest BCUT2D eigenvalue weighted by Gasteiger charge is -2.11. The van der Waals surface area contributed by atoms with Crippen LogP contribution in [0.1, 0.15) is 27.9 Å². The molecule has 0 aliphatic rings. The van der Waals surface area contributed by atoms with E-state index >= 15 is 0 Å². The summed E-state index contributed by atoms with van der Waals surface area (Å²) in [6.45, 7) is 1.88. The molecule has 1 aromatic heterocycles. The monoisotopic (exact) mass is 255 g/mol. The number of amides is 1. The molecule has 0 saturated carbocycles. The molecular formula is C10H13N3O3S. The number of nitrogens with one attached hydrogen (secondary N) is 1. The molecule has 1 aromatic rings. The van der Waals surface area contributed by atoms with Crippen molar-refractivity contribution in [2.45, 2.75) is 13.0 Å². The zero-order valence-electron chi connectivity index (χ0n) is 9.51. The van der Waals surface area contributed by atoms with Gasteiger partial charge in [-0.2, -0.15) is 11.8 Å². The lowest BCUT2D eigenvalue weighted by molar-refractivity contribution is 0.0689. The Balaban J connectivity index is 2.66. The molecule has 92 valence electrons. The highest BCUT2D eigenvalue weighted by Gasteiger charge is 2.12. The Morgan fingerprint density at radius 1 is 1.41 bits per heavy atom. The van der Waals surface area contributed by atoms with Gasteiger partial charge in [0.15, 0.2) is 5.69 Å². The van der Waals surface area contributed by atoms with Crippen molar-refractivity contribution in [1.82, 2.24) is 15.3 Å². The van der Waals surface area contributed by atoms with E-state index < -0.39 is 5.97 Å². The SMILES string of the molecule is CSCC(C)NC(=O)c1cnc(C(=O)O)cn1. The quantitative estimate of drug-likeness (QED) is 0.802. The van der Waals surface area contributed by atoms with Crippen molar-refractivity contribution in [3.05, 3.63) is 23.8 Å². The summed E-state index contributed by atoms with van der Waals surface area (Å²) in [5, 5.41) is 11.4. The molecule has 17 heavy (non-hydrogen) atoms. The van der Waals surface area contributed by atoms with Crippen LogP contribution in [0.25, 0.3) is 0 Å². The average molecular weight is 255 g/mol. The highest BCUT2D eigenvalue weighted by molar-refractivity contribution is 7.98. The van der Waals surface area contributed by atoms with E-state index in [0.717, 1.165) is 18.1 Å². The van der Waals surface area contributed by atoms with E-state index in [4.69, 9.17) is 5.11 Å². The molecule has 1 unspecified atom stereocenters. The minimum atomic E-state index is -1.17. The Kier molecular flexibility index (Phi) is 4.89. The number of hydrogen-bond donors (Lipinski definition) is 2. The molecule has 6 nitrogen and oxygen atoms in total. The summed E-state index contributed by atoms with van der Waals surface area (Å²) in [5.41, 5.74) is -0.0679. The number of aromatic carboxylic acids is 1. The maximum absolute atomic E-state index is 11.6. The van der Waals surface area contributed by atoms with Gasteiger partial charge in [0.2, 0.25) is 0 Å². The van der Waals surface area contributed by atoms with Crippen molar-refractivity contribution in [1.29, 1.82) is 0 Å². The lowest BCUT2D eigenvalue weighted by atomic mass is 10.3. The Hall–Kier alpha value is -1.63. The number of aromatic nitrogens is 2. The van der Waals surface area contributed by atoms with Crippen molar-refractivity contribution >= 4 is 23.6 Å². The second-order valence-electron chi connectivity index (χ2n) is 3.42. The molecule has 0 saturated heterocycles. The van der Waals surface area contributed by atoms with Gasteiger partial charge in [-0.25, -0.2) is 14.8 Å². The predicted molar refractivity (Wildman–Crippen MR) is 64.3 cm³/mol. The molecular weight excluding hydrogens is 242 g/mol. The van der Waals surface area contributed by atoms with E-state index in [1.807, 2.05) is 13.2 Å². The van der Waals surface area contributed by atoms with Crippen molar-refractivity contribution in [2.24, 2.45) is 0 Å². The van der Waals surface area contributed by atoms with Gasteiger partial charge in [-0.1, -0.05) is 0 Å². The van der Waals surface area contributed by atoms with Crippen LogP contribution in [-0.2, 0) is 0 Å². The van der Waals surface area contributed by atoms with Crippen LogP contribution in [0.2, 0.25) is 0 Å². The van der Waals surface area contributed by atoms with E-state index in [0.29, 0.717) is 0 Å². The summed E-state index contributed by atoms with van der Waals surface area (Å²) in [5.74, 6) is -0.719. The van der Waals surface area contributed by atoms with Crippen LogP contribution < -0.4 is 5.32 Å². The van der Waals surface area contributed by atoms with Gasteiger partial charge in [0, 0.05) is 11.8 Å². The van der Waals surface area contributed by atoms with Crippen molar-refractivity contribution < 1.29 is 14.7 Å². The minimum absolute atomic E-state index is 0.0263. The topological polar surface area (TPSA) is 92.2 Å². The van der Waals surface area contributed by atoms with E-state index in [9.17, 15) is 9.59 Å². The second-order valence-corrected chi connectivity index (χ2v) is 4.33. The molecule has 0 aliphatic carbocycles. The Bertz CT molecular complexity index is 408. The minimum Gasteiger partial charge on any atom is -0.476 e. The highest BCUT2D eigenvalue weighted by Crippen LogP contribution is 1.99. The molecule has 2 N–H and O–H groups in total. The number of nitrogens with zero attached hydrogens (tertiary/aromatic N) is 2. The largest absolute Gasteiger partial charge is 0.476 e. The van der Waals surface area contributed by atoms with Gasteiger partial charge in [0.1, 0.15) is 5.69 Å². The molecule has 1 rings (SSSR count). The first-order valence-electron chi connectivity index (χ1n) is 4.89. The number of carboxylic acid groups (broad SMARTS) is 1. The fourth-order valence-electron chi connectivity index (χ4n) is 1.15. The van der Waals surface area contributed by atoms with Gasteiger partial charge < -0.3 is 10.4 Å². The third-order valence-corrected chi connectivity index (χ3v) is 2.73. The molecule has 0 aliphatic heterocycles. The molecule has 0 bridgehead atoms. The van der Waals surface area contributed by atoms with Crippen LogP contribution in [0.5, 0.6) is 0 Å². The van der Waals surface area contributed by atoms with Crippen LogP contribution >= 0.6 is 11.8 Å². The van der Waals surface area contributed by atoms with Gasteiger partial charge in [0.25, 0.3) is 5.91 Å². The summed E-state index contributed by atoms with van der Waals surface area (Å²) in [6, 6.07) is 0.0263. The number of carbonyl (C=O) groups excluding carboxylic acids is 1. The predicted octanol–water partition coefficient (Wildman–Crippen LogP) is 0.656. The summed E-state index contributed by atoms with van der Waals surface area (Å²) in [6.07, 6.45) is 4.17. The molecule has 0 aromatic carbocycles. The summed E-state index contributed by atoms with van der Waals surface area (Å²) < 4.78 is 0. The van der Waals surface area contributed by atoms with Gasteiger partial charge >= 0.3 is 5.97 Å². The first-order valence-corrected chi connectivity index (χ1v) is 6.29. The number of hydrogen-bond acceptors (Lipinski definition) is 5. The van der Waals surface area contributed by atoms with E-state index in [-0.39, 0.29) is 23.3 Å². The first-order chi connectivity index (χ1) is 8.04. The van der Waals surface area contributed by atoms with Crippen LogP contribution in [-0.4, -0.2) is 45.0 Å². The smallest absolute Gasteiger partial charge is 0.356 e. The van der Waals surface area contributed by atoms with Gasteiger partial charge in [0.05, 0.1) is 12.4 Å². The van der Waals surface area contributed by atoms with Gasteiger partial charge in [-0.05, 0) is 13.2 Å². The Morgan fingerprint density at radius 2 is 2.00 bits per heavy atom. The molecule has 7 heteroatoms. The zero-order chi connectivity index (χ0) is 12.8. The molecule has 1 atom stereocenters. The van der Waals surface area contributed by atoms with Crippen LogP contribution in [0.4, 0.5) is 0 Å². The van der Waals surface area contributed by atoms with Crippen molar-refractivity contribution in [2.75, 3.05) is 12.0 Å². The third kappa shape index (κ3) is 4.03. The standard InChI is InChI=1S/C10H13N3O3S/c1-6(5-17-2)13-9(14)7-3-12-8(4-11-7)10(15)16/h3-4,6H,5H2,1-2H3,(H,13,14)(H,15,16). The summed E-state index contributed by atoms with van der Waals surface area (Å²) in [7, 11) is 0. The molecule has 1 amide bonds. The number of thioether (sulfide) groups is 1. The first kappa shape index (κ1) is 13.4. The Labute approximate surface area is 103 Å². The van der Waals surface area contributed by atoms with Crippen LogP contribution in [0.15, 0.2) is 12.4 Å². The second kappa shape index (κ2) is 6.19. The molecule has 1 heterocycles. The fraction of sp³-hybridized carbons (Fsp3) is 0.400. The molecule has 0 fully saturated rings. The number of carboxylic acids is 1. The highest BCUT2D eigenvalue weighted by atomic mass is 32.2. The van der Waals surface area contributed by atoms with Crippen molar-refractivity contribution in [3.8, 4) is 0 Å². The number of rotatable bonds is 5. The maximum atomic E-state index is 11.6. The lowest BCUT2D eigenvalue weighted by Crippen LogP contribution is -2.34. The van der Waals surface area contributed by atoms with Crippen molar-refractivity contribution in [3.63, 3.8) is 0 Å². The van der Waals surface area contributed by atoms with Gasteiger partial charge in [-0.15, -0.1) is 0 Å². The van der Waals surface area contributed by atoms with E-state index in [1.165, 1.54) is 0 Å². The van der Waals surface area contributed by atoms with E-state index in [2.05, 4.69) is 15.3 Å². The fourth-order valence-corrected chi connectivity index (χ4v) is 1.73. The normalized spacial score (nSPS) is 11.9. The Morgan fingerprint density at radius 3 is 2.47 bits per heavy atom. The van der Waals surface area contributed by atoms with Crippen LogP contribution in [0.3, 0.4) is 0 Å². The third-order valence-electron chi connectivity index (χ3n) is 1.90.